The number of aliphatic hydroxyl groups excluding tert-OH is 1. The Morgan fingerprint density at radius 2 is 2.33 bits per heavy atom. The largest absolute Gasteiger partial charge is 0.394 e. The second kappa shape index (κ2) is 4.42. The molecule has 0 bridgehead atoms. The minimum Gasteiger partial charge on any atom is -0.394 e. The van der Waals surface area contributed by atoms with Crippen molar-refractivity contribution in [1.82, 2.24) is 4.98 Å². The molecule has 1 aliphatic rings. The Balaban J connectivity index is 2.24. The van der Waals surface area contributed by atoms with Gasteiger partial charge in [0.1, 0.15) is 6.10 Å². The molecule has 0 radical (unpaired) electrons. The summed E-state index contributed by atoms with van der Waals surface area (Å²) >= 11 is 0. The average Bonchev–Trinajstić information content (AvgIpc) is 2.30. The van der Waals surface area contributed by atoms with Crippen molar-refractivity contribution in [2.75, 3.05) is 11.7 Å². The Bertz CT molecular complexity index is 340. The molecule has 2 rings (SSSR count). The van der Waals surface area contributed by atoms with Crippen LogP contribution in [0.4, 0.5) is 5.82 Å². The van der Waals surface area contributed by atoms with Gasteiger partial charge in [-0.3, -0.25) is 4.84 Å². The van der Waals surface area contributed by atoms with Gasteiger partial charge < -0.3 is 5.11 Å². The third kappa shape index (κ3) is 2.16. The van der Waals surface area contributed by atoms with Gasteiger partial charge in [0.15, 0.2) is 5.82 Å². The van der Waals surface area contributed by atoms with Crippen molar-refractivity contribution >= 4 is 5.82 Å². The van der Waals surface area contributed by atoms with Gasteiger partial charge in [0, 0.05) is 6.20 Å². The van der Waals surface area contributed by atoms with Gasteiger partial charge in [-0.1, -0.05) is 18.2 Å². The average molecular weight is 206 g/mol. The molecular formula is C11H14N2O2. The van der Waals surface area contributed by atoms with Gasteiger partial charge in [0.2, 0.25) is 0 Å². The molecule has 1 aliphatic heterocycles. The smallest absolute Gasteiger partial charge is 0.153 e. The molecule has 15 heavy (non-hydrogen) atoms. The van der Waals surface area contributed by atoms with Crippen LogP contribution in [0.3, 0.4) is 0 Å². The first-order valence-corrected chi connectivity index (χ1v) is 4.97. The zero-order chi connectivity index (χ0) is 10.7. The predicted octanol–water partition coefficient (Wildman–Crippen LogP) is 1.14. The molecule has 0 aliphatic carbocycles. The first kappa shape index (κ1) is 10.1. The maximum atomic E-state index is 9.21. The van der Waals surface area contributed by atoms with E-state index in [2.05, 4.69) is 4.98 Å². The summed E-state index contributed by atoms with van der Waals surface area (Å²) in [5.41, 5.74) is 0. The van der Waals surface area contributed by atoms with Crippen LogP contribution in [0.5, 0.6) is 0 Å². The summed E-state index contributed by atoms with van der Waals surface area (Å²) in [6, 6.07) is 5.44. The van der Waals surface area contributed by atoms with Gasteiger partial charge >= 0.3 is 0 Å². The molecule has 0 amide bonds. The second-order valence-electron chi connectivity index (χ2n) is 3.46. The highest BCUT2D eigenvalue weighted by atomic mass is 16.7. The highest BCUT2D eigenvalue weighted by molar-refractivity contribution is 5.38. The van der Waals surface area contributed by atoms with E-state index in [0.717, 1.165) is 0 Å². The molecule has 0 saturated heterocycles. The van der Waals surface area contributed by atoms with Crippen molar-refractivity contribution in [3.8, 4) is 0 Å². The number of nitrogens with zero attached hydrogens (tertiary/aromatic N) is 2. The molecule has 0 saturated carbocycles. The maximum Gasteiger partial charge on any atom is 0.153 e. The van der Waals surface area contributed by atoms with E-state index in [1.807, 2.05) is 37.3 Å². The van der Waals surface area contributed by atoms with E-state index < -0.39 is 0 Å². The quantitative estimate of drug-likeness (QED) is 0.737. The summed E-state index contributed by atoms with van der Waals surface area (Å²) in [6.45, 7) is 1.96. The molecular weight excluding hydrogens is 192 g/mol. The van der Waals surface area contributed by atoms with Crippen molar-refractivity contribution < 1.29 is 9.94 Å². The summed E-state index contributed by atoms with van der Waals surface area (Å²) in [7, 11) is 0. The van der Waals surface area contributed by atoms with Crippen LogP contribution in [0.2, 0.25) is 0 Å². The number of anilines is 1. The summed E-state index contributed by atoms with van der Waals surface area (Å²) in [5, 5.41) is 10.9. The molecule has 2 unspecified atom stereocenters. The molecule has 0 spiro atoms. The standard InChI is InChI=1S/C11H14N2O2/c1-9-5-6-10(8-14)13(15-9)11-4-2-3-7-12-11/h2-7,9-10,14H,8H2,1H3. The lowest BCUT2D eigenvalue weighted by molar-refractivity contribution is 0.0384. The van der Waals surface area contributed by atoms with Crippen LogP contribution in [0, 0.1) is 0 Å². The van der Waals surface area contributed by atoms with Crippen LogP contribution < -0.4 is 5.06 Å². The van der Waals surface area contributed by atoms with Crippen molar-refractivity contribution in [1.29, 1.82) is 0 Å². The molecule has 1 aromatic rings. The van der Waals surface area contributed by atoms with Gasteiger partial charge in [-0.15, -0.1) is 0 Å². The van der Waals surface area contributed by atoms with E-state index in [4.69, 9.17) is 4.84 Å². The lowest BCUT2D eigenvalue weighted by Gasteiger charge is -2.33. The van der Waals surface area contributed by atoms with E-state index in [1.165, 1.54) is 0 Å². The minimum absolute atomic E-state index is 0.00908. The van der Waals surface area contributed by atoms with Crippen LogP contribution in [-0.4, -0.2) is 28.8 Å². The number of hydrogen-bond donors (Lipinski definition) is 1. The third-order valence-electron chi connectivity index (χ3n) is 2.25. The molecule has 0 aromatic carbocycles. The van der Waals surface area contributed by atoms with Crippen LogP contribution in [0.1, 0.15) is 6.92 Å². The molecule has 1 N–H and O–H groups in total. The molecule has 1 aromatic heterocycles. The Kier molecular flexibility index (Phi) is 2.99. The Morgan fingerprint density at radius 3 is 3.00 bits per heavy atom. The molecule has 4 nitrogen and oxygen atoms in total. The lowest BCUT2D eigenvalue weighted by atomic mass is 10.2. The second-order valence-corrected chi connectivity index (χ2v) is 3.46. The summed E-state index contributed by atoms with van der Waals surface area (Å²) in [6.07, 6.45) is 5.58. The lowest BCUT2D eigenvalue weighted by Crippen LogP contribution is -2.42. The van der Waals surface area contributed by atoms with Gasteiger partial charge in [0.25, 0.3) is 0 Å². The highest BCUT2D eigenvalue weighted by Crippen LogP contribution is 2.20. The number of hydroxylamine groups is 1. The SMILES string of the molecule is CC1C=CC(CO)N(c2ccccn2)O1. The predicted molar refractivity (Wildman–Crippen MR) is 57.3 cm³/mol. The van der Waals surface area contributed by atoms with Crippen molar-refractivity contribution in [2.24, 2.45) is 0 Å². The number of hydrogen-bond acceptors (Lipinski definition) is 4. The molecule has 80 valence electrons. The fraction of sp³-hybridized carbons (Fsp3) is 0.364. The van der Waals surface area contributed by atoms with Gasteiger partial charge in [-0.05, 0) is 19.1 Å². The Morgan fingerprint density at radius 1 is 1.47 bits per heavy atom. The number of aliphatic hydroxyl groups is 1. The van der Waals surface area contributed by atoms with E-state index in [-0.39, 0.29) is 18.8 Å². The summed E-state index contributed by atoms with van der Waals surface area (Å²) in [5.74, 6) is 0.716. The first-order valence-electron chi connectivity index (χ1n) is 4.97. The fourth-order valence-electron chi connectivity index (χ4n) is 1.50. The molecule has 4 heteroatoms. The number of rotatable bonds is 2. The van der Waals surface area contributed by atoms with Crippen molar-refractivity contribution in [3.63, 3.8) is 0 Å². The van der Waals surface area contributed by atoms with E-state index in [9.17, 15) is 5.11 Å². The van der Waals surface area contributed by atoms with Gasteiger partial charge in [-0.25, -0.2) is 10.0 Å². The highest BCUT2D eigenvalue weighted by Gasteiger charge is 2.23. The van der Waals surface area contributed by atoms with E-state index in [0.29, 0.717) is 5.82 Å². The van der Waals surface area contributed by atoms with Crippen molar-refractivity contribution in [3.05, 3.63) is 36.5 Å². The minimum atomic E-state index is -0.156. The van der Waals surface area contributed by atoms with Crippen molar-refractivity contribution in [2.45, 2.75) is 19.1 Å². The zero-order valence-corrected chi connectivity index (χ0v) is 8.58. The topological polar surface area (TPSA) is 45.6 Å². The molecule has 2 atom stereocenters. The van der Waals surface area contributed by atoms with Crippen LogP contribution in [-0.2, 0) is 4.84 Å². The van der Waals surface area contributed by atoms with E-state index >= 15 is 0 Å². The summed E-state index contributed by atoms with van der Waals surface area (Å²) in [4.78, 5) is 9.79. The molecule has 0 fully saturated rings. The Labute approximate surface area is 88.8 Å². The summed E-state index contributed by atoms with van der Waals surface area (Å²) < 4.78 is 0. The van der Waals surface area contributed by atoms with Crippen LogP contribution >= 0.6 is 0 Å². The van der Waals surface area contributed by atoms with Crippen LogP contribution in [0.25, 0.3) is 0 Å². The first-order chi connectivity index (χ1) is 7.31. The zero-order valence-electron chi connectivity index (χ0n) is 8.58. The number of pyridine rings is 1. The third-order valence-corrected chi connectivity index (χ3v) is 2.25. The van der Waals surface area contributed by atoms with Gasteiger partial charge in [-0.2, -0.15) is 0 Å². The Hall–Kier alpha value is -1.39. The monoisotopic (exact) mass is 206 g/mol. The fourth-order valence-corrected chi connectivity index (χ4v) is 1.50. The molecule has 2 heterocycles. The van der Waals surface area contributed by atoms with E-state index in [1.54, 1.807) is 11.3 Å². The maximum absolute atomic E-state index is 9.21. The van der Waals surface area contributed by atoms with Crippen LogP contribution in [0.15, 0.2) is 36.5 Å². The number of aromatic nitrogens is 1. The normalized spacial score (nSPS) is 25.6. The van der Waals surface area contributed by atoms with Gasteiger partial charge in [0.05, 0.1) is 12.6 Å².